The molecule has 0 atom stereocenters. The molecule has 0 amide bonds. The fourth-order valence-corrected chi connectivity index (χ4v) is 2.11. The first-order valence-corrected chi connectivity index (χ1v) is 5.93. The lowest BCUT2D eigenvalue weighted by atomic mass is 10.1. The molecule has 0 fully saturated rings. The lowest BCUT2D eigenvalue weighted by molar-refractivity contribution is 0.714. The number of anilines is 1. The van der Waals surface area contributed by atoms with Crippen molar-refractivity contribution < 1.29 is 0 Å². The third kappa shape index (κ3) is 1.66. The quantitative estimate of drug-likeness (QED) is 0.871. The van der Waals surface area contributed by atoms with Crippen molar-refractivity contribution in [3.8, 4) is 0 Å². The largest absolute Gasteiger partial charge is 0.370 e. The number of nitrogens with one attached hydrogen (secondary N) is 1. The van der Waals surface area contributed by atoms with Crippen molar-refractivity contribution in [1.29, 1.82) is 0 Å². The maximum absolute atomic E-state index is 4.55. The van der Waals surface area contributed by atoms with Crippen LogP contribution in [0.3, 0.4) is 0 Å². The first-order chi connectivity index (χ1) is 8.79. The summed E-state index contributed by atoms with van der Waals surface area (Å²) in [5.41, 5.74) is 3.91. The monoisotopic (exact) mass is 242 g/mol. The minimum atomic E-state index is 0.683. The molecular formula is C12H14N6. The van der Waals surface area contributed by atoms with Gasteiger partial charge in [0.2, 0.25) is 0 Å². The molecule has 0 aromatic carbocycles. The van der Waals surface area contributed by atoms with Gasteiger partial charge in [-0.25, -0.2) is 4.98 Å². The molecule has 1 N–H and O–H groups in total. The van der Waals surface area contributed by atoms with E-state index >= 15 is 0 Å². The molecule has 0 saturated heterocycles. The number of fused-ring (bicyclic) bond motifs is 1. The van der Waals surface area contributed by atoms with Crippen LogP contribution >= 0.6 is 0 Å². The second-order valence-electron chi connectivity index (χ2n) is 4.17. The summed E-state index contributed by atoms with van der Waals surface area (Å²) < 4.78 is 1.68. The van der Waals surface area contributed by atoms with Crippen LogP contribution in [0, 0.1) is 0 Å². The fraction of sp³-hybridized carbons (Fsp3) is 0.333. The van der Waals surface area contributed by atoms with Crippen LogP contribution in [0.15, 0.2) is 23.5 Å². The number of nitrogens with zero attached hydrogens (tertiary/aromatic N) is 5. The third-order valence-electron chi connectivity index (χ3n) is 2.87. The average molecular weight is 242 g/mol. The van der Waals surface area contributed by atoms with Gasteiger partial charge in [-0.15, -0.1) is 5.10 Å². The molecule has 1 aliphatic rings. The summed E-state index contributed by atoms with van der Waals surface area (Å²) in [6.07, 6.45) is 3.68. The van der Waals surface area contributed by atoms with Gasteiger partial charge in [0.05, 0.1) is 18.5 Å². The zero-order chi connectivity index (χ0) is 12.5. The van der Waals surface area contributed by atoms with E-state index in [-0.39, 0.29) is 0 Å². The number of hydrogen-bond donors (Lipinski definition) is 1. The Bertz CT molecular complexity index is 613. The molecule has 6 nitrogen and oxygen atoms in total. The molecule has 0 radical (unpaired) electrons. The lowest BCUT2D eigenvalue weighted by Gasteiger charge is -2.08. The van der Waals surface area contributed by atoms with Crippen LogP contribution in [0.5, 0.6) is 0 Å². The third-order valence-corrected chi connectivity index (χ3v) is 2.87. The summed E-state index contributed by atoms with van der Waals surface area (Å²) in [4.78, 5) is 8.93. The van der Waals surface area contributed by atoms with Gasteiger partial charge >= 0.3 is 0 Å². The van der Waals surface area contributed by atoms with E-state index < -0.39 is 0 Å². The second kappa shape index (κ2) is 4.21. The van der Waals surface area contributed by atoms with Crippen molar-refractivity contribution >= 4 is 11.5 Å². The molecule has 0 spiro atoms. The van der Waals surface area contributed by atoms with Crippen LogP contribution in [0.1, 0.15) is 23.7 Å². The van der Waals surface area contributed by atoms with Crippen LogP contribution in [-0.4, -0.2) is 32.2 Å². The Morgan fingerprint density at radius 2 is 2.33 bits per heavy atom. The van der Waals surface area contributed by atoms with Crippen molar-refractivity contribution in [3.05, 3.63) is 35.3 Å². The highest BCUT2D eigenvalue weighted by atomic mass is 15.4. The summed E-state index contributed by atoms with van der Waals surface area (Å²) in [5.74, 6) is 0.872. The normalized spacial score (nSPS) is 13.3. The fourth-order valence-electron chi connectivity index (χ4n) is 2.11. The Hall–Kier alpha value is -2.24. The van der Waals surface area contributed by atoms with Gasteiger partial charge in [-0.05, 0) is 18.6 Å². The number of pyridine rings is 1. The van der Waals surface area contributed by atoms with Gasteiger partial charge in [-0.3, -0.25) is 9.67 Å². The van der Waals surface area contributed by atoms with Crippen molar-refractivity contribution in [1.82, 2.24) is 20.0 Å². The maximum atomic E-state index is 4.55. The van der Waals surface area contributed by atoms with Crippen molar-refractivity contribution in [2.24, 2.45) is 12.0 Å². The summed E-state index contributed by atoms with van der Waals surface area (Å²) in [7, 11) is 1.85. The molecule has 18 heavy (non-hydrogen) atoms. The topological polar surface area (TPSA) is 68.0 Å². The summed E-state index contributed by atoms with van der Waals surface area (Å²) in [6.45, 7) is 3.56. The number of hydrogen-bond acceptors (Lipinski definition) is 5. The van der Waals surface area contributed by atoms with E-state index in [0.29, 0.717) is 6.54 Å². The van der Waals surface area contributed by atoms with Gasteiger partial charge in [0.1, 0.15) is 11.5 Å². The molecule has 0 saturated carbocycles. The summed E-state index contributed by atoms with van der Waals surface area (Å²) >= 11 is 0. The predicted molar refractivity (Wildman–Crippen MR) is 68.7 cm³/mol. The van der Waals surface area contributed by atoms with E-state index in [2.05, 4.69) is 32.5 Å². The standard InChI is InChI=1S/C12H14N6/c1-3-13-12-10-8(4-5-14-12)6-15-11(10)9-7-18(2)17-16-9/h4-5,7H,3,6H2,1-2H3,(H,13,14). The van der Waals surface area contributed by atoms with Crippen LogP contribution in [0.4, 0.5) is 5.82 Å². The van der Waals surface area contributed by atoms with E-state index in [0.717, 1.165) is 29.3 Å². The lowest BCUT2D eigenvalue weighted by Crippen LogP contribution is -2.09. The smallest absolute Gasteiger partial charge is 0.135 e. The van der Waals surface area contributed by atoms with Gasteiger partial charge in [0.25, 0.3) is 0 Å². The molecule has 2 aromatic rings. The zero-order valence-corrected chi connectivity index (χ0v) is 10.4. The maximum Gasteiger partial charge on any atom is 0.135 e. The minimum absolute atomic E-state index is 0.683. The van der Waals surface area contributed by atoms with Gasteiger partial charge < -0.3 is 5.32 Å². The molecule has 3 rings (SSSR count). The van der Waals surface area contributed by atoms with Crippen LogP contribution in [-0.2, 0) is 13.6 Å². The van der Waals surface area contributed by atoms with Crippen molar-refractivity contribution in [2.75, 3.05) is 11.9 Å². The molecule has 0 bridgehead atoms. The van der Waals surface area contributed by atoms with E-state index in [4.69, 9.17) is 0 Å². The Balaban J connectivity index is 2.09. The van der Waals surface area contributed by atoms with E-state index in [1.54, 1.807) is 4.68 Å². The van der Waals surface area contributed by atoms with Gasteiger partial charge in [-0.1, -0.05) is 5.21 Å². The van der Waals surface area contributed by atoms with Crippen LogP contribution in [0.2, 0.25) is 0 Å². The molecule has 0 aliphatic carbocycles. The minimum Gasteiger partial charge on any atom is -0.370 e. The highest BCUT2D eigenvalue weighted by molar-refractivity contribution is 6.16. The van der Waals surface area contributed by atoms with E-state index in [1.807, 2.05) is 25.5 Å². The molecule has 6 heteroatoms. The number of rotatable bonds is 3. The Kier molecular flexibility index (Phi) is 2.55. The average Bonchev–Trinajstić information content (AvgIpc) is 2.96. The highest BCUT2D eigenvalue weighted by Crippen LogP contribution is 2.27. The van der Waals surface area contributed by atoms with Crippen molar-refractivity contribution in [3.63, 3.8) is 0 Å². The summed E-state index contributed by atoms with van der Waals surface area (Å²) in [6, 6.07) is 2.00. The number of aromatic nitrogens is 4. The zero-order valence-electron chi connectivity index (χ0n) is 10.4. The summed E-state index contributed by atoms with van der Waals surface area (Å²) in [5, 5.41) is 11.3. The van der Waals surface area contributed by atoms with E-state index in [1.165, 1.54) is 5.56 Å². The Morgan fingerprint density at radius 3 is 3.06 bits per heavy atom. The SMILES string of the molecule is CCNc1nccc2c1C(c1cn(C)nn1)=NC2. The molecule has 0 unspecified atom stereocenters. The first kappa shape index (κ1) is 10.9. The van der Waals surface area contributed by atoms with Gasteiger partial charge in [-0.2, -0.15) is 0 Å². The highest BCUT2D eigenvalue weighted by Gasteiger charge is 2.23. The van der Waals surface area contributed by atoms with Gasteiger partial charge in [0, 0.05) is 25.4 Å². The van der Waals surface area contributed by atoms with Crippen LogP contribution in [0.25, 0.3) is 0 Å². The van der Waals surface area contributed by atoms with Gasteiger partial charge in [0.15, 0.2) is 0 Å². The van der Waals surface area contributed by atoms with Crippen LogP contribution < -0.4 is 5.32 Å². The Labute approximate surface area is 105 Å². The molecular weight excluding hydrogens is 228 g/mol. The molecule has 1 aliphatic heterocycles. The van der Waals surface area contributed by atoms with Crippen molar-refractivity contribution in [2.45, 2.75) is 13.5 Å². The molecule has 2 aromatic heterocycles. The number of aryl methyl sites for hydroxylation is 1. The molecule has 3 heterocycles. The predicted octanol–water partition coefficient (Wildman–Crippen LogP) is 0.993. The van der Waals surface area contributed by atoms with E-state index in [9.17, 15) is 0 Å². The Morgan fingerprint density at radius 1 is 1.44 bits per heavy atom. The molecule has 92 valence electrons. The first-order valence-electron chi connectivity index (χ1n) is 5.93. The number of aliphatic imine (C=N–C) groups is 1. The second-order valence-corrected chi connectivity index (χ2v) is 4.17.